The number of H-pyrrole nitrogens is 1. The first-order valence-electron chi connectivity index (χ1n) is 4.42. The number of halogens is 2. The van der Waals surface area contributed by atoms with Crippen molar-refractivity contribution in [2.24, 2.45) is 0 Å². The van der Waals surface area contributed by atoms with Crippen molar-refractivity contribution in [2.45, 2.75) is 0 Å². The summed E-state index contributed by atoms with van der Waals surface area (Å²) in [4.78, 5) is 18.4. The molecule has 0 saturated carbocycles. The largest absolute Gasteiger partial charge is 0.331 e. The van der Waals surface area contributed by atoms with Crippen molar-refractivity contribution in [3.63, 3.8) is 0 Å². The van der Waals surface area contributed by atoms with Crippen LogP contribution in [0.2, 0.25) is 10.0 Å². The van der Waals surface area contributed by atoms with E-state index in [4.69, 9.17) is 23.2 Å². The van der Waals surface area contributed by atoms with E-state index in [2.05, 4.69) is 15.3 Å². The second-order valence-corrected chi connectivity index (χ2v) is 3.92. The molecule has 0 atom stereocenters. The smallest absolute Gasteiger partial charge is 0.258 e. The average molecular weight is 256 g/mol. The van der Waals surface area contributed by atoms with E-state index in [0.29, 0.717) is 21.6 Å². The number of hydrogen-bond acceptors (Lipinski definition) is 2. The first-order valence-corrected chi connectivity index (χ1v) is 5.17. The molecule has 0 bridgehead atoms. The molecule has 2 rings (SSSR count). The van der Waals surface area contributed by atoms with Gasteiger partial charge in [0.05, 0.1) is 0 Å². The molecule has 0 unspecified atom stereocenters. The van der Waals surface area contributed by atoms with Crippen LogP contribution in [0.4, 0.5) is 5.95 Å². The lowest BCUT2D eigenvalue weighted by Crippen LogP contribution is -2.12. The fraction of sp³-hybridized carbons (Fsp3) is 0. The second kappa shape index (κ2) is 4.55. The highest BCUT2D eigenvalue weighted by Crippen LogP contribution is 2.19. The van der Waals surface area contributed by atoms with E-state index in [1.54, 1.807) is 18.5 Å². The molecule has 0 saturated heterocycles. The third-order valence-corrected chi connectivity index (χ3v) is 2.29. The minimum absolute atomic E-state index is 0.320. The van der Waals surface area contributed by atoms with Gasteiger partial charge in [-0.1, -0.05) is 23.2 Å². The molecule has 0 aliphatic heterocycles. The summed E-state index contributed by atoms with van der Waals surface area (Å²) in [6, 6.07) is 4.63. The minimum atomic E-state index is -0.320. The lowest BCUT2D eigenvalue weighted by molar-refractivity contribution is 0.102. The molecular weight excluding hydrogens is 249 g/mol. The van der Waals surface area contributed by atoms with E-state index in [1.807, 2.05) is 0 Å². The first kappa shape index (κ1) is 11.0. The topological polar surface area (TPSA) is 57.8 Å². The highest BCUT2D eigenvalue weighted by molar-refractivity contribution is 6.35. The van der Waals surface area contributed by atoms with Crippen LogP contribution < -0.4 is 5.32 Å². The van der Waals surface area contributed by atoms with Crippen LogP contribution >= 0.6 is 23.2 Å². The maximum Gasteiger partial charge on any atom is 0.258 e. The second-order valence-electron chi connectivity index (χ2n) is 3.05. The highest BCUT2D eigenvalue weighted by Gasteiger charge is 2.08. The van der Waals surface area contributed by atoms with Gasteiger partial charge in [0, 0.05) is 28.0 Å². The van der Waals surface area contributed by atoms with Gasteiger partial charge in [-0.05, 0) is 18.2 Å². The van der Waals surface area contributed by atoms with Crippen molar-refractivity contribution < 1.29 is 4.79 Å². The number of carbonyl (C=O) groups excluding carboxylic acids is 1. The van der Waals surface area contributed by atoms with E-state index < -0.39 is 0 Å². The number of aromatic amines is 1. The van der Waals surface area contributed by atoms with Gasteiger partial charge in [-0.2, -0.15) is 0 Å². The molecule has 0 radical (unpaired) electrons. The molecule has 1 aromatic carbocycles. The van der Waals surface area contributed by atoms with Crippen molar-refractivity contribution in [1.82, 2.24) is 9.97 Å². The monoisotopic (exact) mass is 255 g/mol. The van der Waals surface area contributed by atoms with E-state index in [0.717, 1.165) is 0 Å². The number of amides is 1. The quantitative estimate of drug-likeness (QED) is 0.867. The predicted molar refractivity (Wildman–Crippen MR) is 63.0 cm³/mol. The Morgan fingerprint density at radius 1 is 1.25 bits per heavy atom. The van der Waals surface area contributed by atoms with Crippen LogP contribution in [0.1, 0.15) is 10.4 Å². The normalized spacial score (nSPS) is 10.1. The zero-order valence-electron chi connectivity index (χ0n) is 8.00. The maximum atomic E-state index is 11.7. The molecule has 0 aliphatic rings. The molecule has 16 heavy (non-hydrogen) atoms. The number of rotatable bonds is 2. The van der Waals surface area contributed by atoms with Crippen LogP contribution in [0.25, 0.3) is 0 Å². The summed E-state index contributed by atoms with van der Waals surface area (Å²) in [5.41, 5.74) is 0.383. The number of hydrogen-bond donors (Lipinski definition) is 2. The Hall–Kier alpha value is -1.52. The number of nitrogens with one attached hydrogen (secondary N) is 2. The third kappa shape index (κ3) is 2.53. The first-order chi connectivity index (χ1) is 7.65. The Bertz CT molecular complexity index is 491. The lowest BCUT2D eigenvalue weighted by Gasteiger charge is -2.03. The lowest BCUT2D eigenvalue weighted by atomic mass is 10.2. The van der Waals surface area contributed by atoms with Crippen LogP contribution in [-0.4, -0.2) is 15.9 Å². The molecule has 0 fully saturated rings. The Morgan fingerprint density at radius 3 is 2.50 bits per heavy atom. The molecule has 0 spiro atoms. The molecular formula is C10H7Cl2N3O. The molecule has 2 aromatic rings. The molecule has 6 heteroatoms. The van der Waals surface area contributed by atoms with Crippen molar-refractivity contribution in [2.75, 3.05) is 5.32 Å². The van der Waals surface area contributed by atoms with Gasteiger partial charge in [0.2, 0.25) is 5.95 Å². The molecule has 1 heterocycles. The van der Waals surface area contributed by atoms with Crippen molar-refractivity contribution >= 4 is 35.1 Å². The maximum absolute atomic E-state index is 11.7. The fourth-order valence-electron chi connectivity index (χ4n) is 1.20. The summed E-state index contributed by atoms with van der Waals surface area (Å²) in [7, 11) is 0. The number of nitrogens with zero attached hydrogens (tertiary/aromatic N) is 1. The van der Waals surface area contributed by atoms with E-state index in [-0.39, 0.29) is 5.91 Å². The van der Waals surface area contributed by atoms with Crippen LogP contribution in [0.5, 0.6) is 0 Å². The summed E-state index contributed by atoms with van der Waals surface area (Å²) in [5, 5.41) is 3.40. The Balaban J connectivity index is 2.21. The van der Waals surface area contributed by atoms with Crippen LogP contribution in [0, 0.1) is 0 Å². The van der Waals surface area contributed by atoms with Crippen molar-refractivity contribution in [1.29, 1.82) is 0 Å². The molecule has 1 amide bonds. The number of aromatic nitrogens is 2. The molecule has 4 nitrogen and oxygen atoms in total. The zero-order chi connectivity index (χ0) is 11.5. The predicted octanol–water partition coefficient (Wildman–Crippen LogP) is 2.97. The molecule has 82 valence electrons. The van der Waals surface area contributed by atoms with Gasteiger partial charge in [-0.15, -0.1) is 0 Å². The Morgan fingerprint density at radius 2 is 1.94 bits per heavy atom. The van der Waals surface area contributed by atoms with Gasteiger partial charge in [-0.25, -0.2) is 4.98 Å². The van der Waals surface area contributed by atoms with Crippen LogP contribution in [0.15, 0.2) is 30.6 Å². The average Bonchev–Trinajstić information content (AvgIpc) is 2.68. The number of benzene rings is 1. The van der Waals surface area contributed by atoms with E-state index >= 15 is 0 Å². The summed E-state index contributed by atoms with van der Waals surface area (Å²) >= 11 is 11.6. The minimum Gasteiger partial charge on any atom is -0.331 e. The third-order valence-electron chi connectivity index (χ3n) is 1.85. The fourth-order valence-corrected chi connectivity index (χ4v) is 1.72. The van der Waals surface area contributed by atoms with Gasteiger partial charge < -0.3 is 4.98 Å². The van der Waals surface area contributed by atoms with Crippen LogP contribution in [0.3, 0.4) is 0 Å². The van der Waals surface area contributed by atoms with Gasteiger partial charge in [0.1, 0.15) is 0 Å². The highest BCUT2D eigenvalue weighted by atomic mass is 35.5. The number of imidazole rings is 1. The SMILES string of the molecule is O=C(Nc1ncc[nH]1)c1cc(Cl)cc(Cl)c1. The Kier molecular flexibility index (Phi) is 3.12. The standard InChI is InChI=1S/C10H7Cl2N3O/c11-7-3-6(4-8(12)5-7)9(16)15-10-13-1-2-14-10/h1-5H,(H2,13,14,15,16). The van der Waals surface area contributed by atoms with E-state index in [1.165, 1.54) is 12.1 Å². The van der Waals surface area contributed by atoms with Gasteiger partial charge >= 0.3 is 0 Å². The van der Waals surface area contributed by atoms with Gasteiger partial charge in [0.15, 0.2) is 0 Å². The Labute approximate surface area is 102 Å². The van der Waals surface area contributed by atoms with Crippen LogP contribution in [-0.2, 0) is 0 Å². The van der Waals surface area contributed by atoms with Crippen molar-refractivity contribution in [3.05, 3.63) is 46.2 Å². The summed E-state index contributed by atoms with van der Waals surface area (Å²) in [6.45, 7) is 0. The molecule has 1 aromatic heterocycles. The summed E-state index contributed by atoms with van der Waals surface area (Å²) < 4.78 is 0. The molecule has 2 N–H and O–H groups in total. The van der Waals surface area contributed by atoms with Gasteiger partial charge in [-0.3, -0.25) is 10.1 Å². The molecule has 0 aliphatic carbocycles. The van der Waals surface area contributed by atoms with Crippen molar-refractivity contribution in [3.8, 4) is 0 Å². The van der Waals surface area contributed by atoms with Gasteiger partial charge in [0.25, 0.3) is 5.91 Å². The number of anilines is 1. The zero-order valence-corrected chi connectivity index (χ0v) is 9.51. The summed E-state index contributed by atoms with van der Waals surface area (Å²) in [6.07, 6.45) is 3.15. The van der Waals surface area contributed by atoms with E-state index in [9.17, 15) is 4.79 Å². The summed E-state index contributed by atoms with van der Waals surface area (Å²) in [5.74, 6) is 0.0560. The number of carbonyl (C=O) groups is 1.